The molecule has 3 N–H and O–H groups in total. The van der Waals surface area contributed by atoms with Gasteiger partial charge in [-0.1, -0.05) is 6.42 Å². The minimum atomic E-state index is -0.461. The summed E-state index contributed by atoms with van der Waals surface area (Å²) in [5.74, 6) is -0.0258. The maximum absolute atomic E-state index is 12.3. The Morgan fingerprint density at radius 3 is 2.94 bits per heavy atom. The summed E-state index contributed by atoms with van der Waals surface area (Å²) in [4.78, 5) is 25.2. The monoisotopic (exact) mass is 225 g/mol. The summed E-state index contributed by atoms with van der Waals surface area (Å²) in [7, 11) is 0. The van der Waals surface area contributed by atoms with E-state index in [0.717, 1.165) is 19.3 Å². The molecule has 0 bridgehead atoms. The van der Waals surface area contributed by atoms with Gasteiger partial charge in [0.25, 0.3) is 0 Å². The minimum absolute atomic E-state index is 0.0485. The molecule has 0 aromatic carbocycles. The number of piperazine rings is 1. The Morgan fingerprint density at radius 1 is 1.62 bits per heavy atom. The number of carbonyl (C=O) groups excluding carboxylic acids is 2. The van der Waals surface area contributed by atoms with Crippen molar-refractivity contribution in [2.24, 2.45) is 11.1 Å². The Labute approximate surface area is 95.3 Å². The summed E-state index contributed by atoms with van der Waals surface area (Å²) in [6.45, 7) is 3.27. The van der Waals surface area contributed by atoms with Crippen LogP contribution in [-0.2, 0) is 9.59 Å². The molecule has 5 heteroatoms. The number of rotatable bonds is 1. The van der Waals surface area contributed by atoms with Gasteiger partial charge in [0.05, 0.1) is 12.0 Å². The Bertz CT molecular complexity index is 318. The smallest absolute Gasteiger partial charge is 0.239 e. The number of nitrogens with zero attached hydrogens (tertiary/aromatic N) is 1. The third-order valence-corrected chi connectivity index (χ3v) is 3.84. The molecule has 2 atom stereocenters. The average Bonchev–Trinajstić information content (AvgIpc) is 2.59. The summed E-state index contributed by atoms with van der Waals surface area (Å²) in [5.41, 5.74) is 5.55. The Balaban J connectivity index is 2.09. The van der Waals surface area contributed by atoms with Crippen molar-refractivity contribution in [2.75, 3.05) is 19.6 Å². The SMILES string of the molecule is CC1(C(=O)N2CCNC(=O)C2)CCCC1N. The predicted octanol–water partition coefficient (Wildman–Crippen LogP) is -0.538. The zero-order chi connectivity index (χ0) is 11.8. The van der Waals surface area contributed by atoms with Crippen LogP contribution in [0, 0.1) is 5.41 Å². The molecule has 0 aromatic rings. The molecule has 2 amide bonds. The largest absolute Gasteiger partial charge is 0.353 e. The lowest BCUT2D eigenvalue weighted by Gasteiger charge is -2.36. The zero-order valence-corrected chi connectivity index (χ0v) is 9.66. The van der Waals surface area contributed by atoms with Gasteiger partial charge >= 0.3 is 0 Å². The van der Waals surface area contributed by atoms with Crippen molar-refractivity contribution in [2.45, 2.75) is 32.2 Å². The molecular weight excluding hydrogens is 206 g/mol. The summed E-state index contributed by atoms with van der Waals surface area (Å²) < 4.78 is 0. The fourth-order valence-electron chi connectivity index (χ4n) is 2.63. The minimum Gasteiger partial charge on any atom is -0.353 e. The molecule has 2 rings (SSSR count). The summed E-state index contributed by atoms with van der Waals surface area (Å²) in [6.07, 6.45) is 2.75. The van der Waals surface area contributed by atoms with E-state index in [1.54, 1.807) is 4.90 Å². The first-order valence-electron chi connectivity index (χ1n) is 5.86. The van der Waals surface area contributed by atoms with Gasteiger partial charge in [0.2, 0.25) is 11.8 Å². The number of nitrogens with one attached hydrogen (secondary N) is 1. The molecule has 2 unspecified atom stereocenters. The van der Waals surface area contributed by atoms with Crippen LogP contribution in [-0.4, -0.2) is 42.4 Å². The quantitative estimate of drug-likeness (QED) is 0.629. The van der Waals surface area contributed by atoms with Gasteiger partial charge in [0.15, 0.2) is 0 Å². The molecular formula is C11H19N3O2. The highest BCUT2D eigenvalue weighted by Gasteiger charge is 2.45. The highest BCUT2D eigenvalue weighted by atomic mass is 16.2. The molecule has 1 aliphatic heterocycles. The van der Waals surface area contributed by atoms with E-state index in [-0.39, 0.29) is 24.4 Å². The fraction of sp³-hybridized carbons (Fsp3) is 0.818. The van der Waals surface area contributed by atoms with Crippen LogP contribution in [0.15, 0.2) is 0 Å². The van der Waals surface area contributed by atoms with Gasteiger partial charge in [-0.3, -0.25) is 9.59 Å². The van der Waals surface area contributed by atoms with Crippen LogP contribution in [0.3, 0.4) is 0 Å². The summed E-state index contributed by atoms with van der Waals surface area (Å²) in [5, 5.41) is 2.72. The van der Waals surface area contributed by atoms with E-state index in [0.29, 0.717) is 13.1 Å². The van der Waals surface area contributed by atoms with Gasteiger partial charge in [0, 0.05) is 19.1 Å². The van der Waals surface area contributed by atoms with Gasteiger partial charge in [0.1, 0.15) is 0 Å². The van der Waals surface area contributed by atoms with E-state index in [4.69, 9.17) is 5.73 Å². The van der Waals surface area contributed by atoms with Gasteiger partial charge in [-0.05, 0) is 19.8 Å². The lowest BCUT2D eigenvalue weighted by atomic mass is 9.83. The maximum Gasteiger partial charge on any atom is 0.239 e. The normalized spacial score (nSPS) is 35.0. The molecule has 0 radical (unpaired) electrons. The molecule has 0 aromatic heterocycles. The van der Waals surface area contributed by atoms with Crippen LogP contribution in [0.25, 0.3) is 0 Å². The molecule has 0 spiro atoms. The van der Waals surface area contributed by atoms with E-state index in [9.17, 15) is 9.59 Å². The topological polar surface area (TPSA) is 75.4 Å². The van der Waals surface area contributed by atoms with Gasteiger partial charge in [-0.25, -0.2) is 0 Å². The molecule has 1 heterocycles. The zero-order valence-electron chi connectivity index (χ0n) is 9.66. The molecule has 2 aliphatic rings. The number of carbonyl (C=O) groups is 2. The van der Waals surface area contributed by atoms with Gasteiger partial charge in [-0.15, -0.1) is 0 Å². The molecule has 1 saturated heterocycles. The number of amides is 2. The number of nitrogens with two attached hydrogens (primary N) is 1. The second-order valence-electron chi connectivity index (χ2n) is 4.99. The first-order chi connectivity index (χ1) is 7.54. The maximum atomic E-state index is 12.3. The van der Waals surface area contributed by atoms with Gasteiger partial charge in [-0.2, -0.15) is 0 Å². The first-order valence-corrected chi connectivity index (χ1v) is 5.86. The van der Waals surface area contributed by atoms with Crippen molar-refractivity contribution in [3.63, 3.8) is 0 Å². The van der Waals surface area contributed by atoms with Crippen LogP contribution < -0.4 is 11.1 Å². The van der Waals surface area contributed by atoms with Crippen LogP contribution in [0.5, 0.6) is 0 Å². The second-order valence-corrected chi connectivity index (χ2v) is 4.99. The third-order valence-electron chi connectivity index (χ3n) is 3.84. The highest BCUT2D eigenvalue weighted by molar-refractivity contribution is 5.89. The Hall–Kier alpha value is -1.10. The summed E-state index contributed by atoms with van der Waals surface area (Å²) in [6, 6.07) is -0.0648. The standard InChI is InChI=1S/C11H19N3O2/c1-11(4-2-3-8(11)12)10(16)14-6-5-13-9(15)7-14/h8H,2-7,12H2,1H3,(H,13,15). The van der Waals surface area contributed by atoms with Crippen LogP contribution >= 0.6 is 0 Å². The van der Waals surface area contributed by atoms with E-state index in [1.165, 1.54) is 0 Å². The fourth-order valence-corrected chi connectivity index (χ4v) is 2.63. The molecule has 90 valence electrons. The van der Waals surface area contributed by atoms with Crippen molar-refractivity contribution >= 4 is 11.8 Å². The van der Waals surface area contributed by atoms with Gasteiger partial charge < -0.3 is 16.0 Å². The van der Waals surface area contributed by atoms with E-state index < -0.39 is 5.41 Å². The highest BCUT2D eigenvalue weighted by Crippen LogP contribution is 2.38. The number of hydrogen-bond acceptors (Lipinski definition) is 3. The van der Waals surface area contributed by atoms with Crippen molar-refractivity contribution in [3.05, 3.63) is 0 Å². The Kier molecular flexibility index (Phi) is 2.88. The summed E-state index contributed by atoms with van der Waals surface area (Å²) >= 11 is 0. The van der Waals surface area contributed by atoms with E-state index >= 15 is 0 Å². The molecule has 1 saturated carbocycles. The van der Waals surface area contributed by atoms with Crippen LogP contribution in [0.2, 0.25) is 0 Å². The number of hydrogen-bond donors (Lipinski definition) is 2. The lowest BCUT2D eigenvalue weighted by Crippen LogP contribution is -2.56. The molecule has 16 heavy (non-hydrogen) atoms. The van der Waals surface area contributed by atoms with Crippen LogP contribution in [0.1, 0.15) is 26.2 Å². The lowest BCUT2D eigenvalue weighted by molar-refractivity contribution is -0.146. The van der Waals surface area contributed by atoms with E-state index in [2.05, 4.69) is 5.32 Å². The third kappa shape index (κ3) is 1.80. The van der Waals surface area contributed by atoms with Crippen LogP contribution in [0.4, 0.5) is 0 Å². The first kappa shape index (κ1) is 11.4. The van der Waals surface area contributed by atoms with Crippen molar-refractivity contribution in [1.29, 1.82) is 0 Å². The Morgan fingerprint density at radius 2 is 2.38 bits per heavy atom. The van der Waals surface area contributed by atoms with Crippen molar-refractivity contribution in [3.8, 4) is 0 Å². The molecule has 1 aliphatic carbocycles. The molecule has 2 fully saturated rings. The van der Waals surface area contributed by atoms with Crippen molar-refractivity contribution in [1.82, 2.24) is 10.2 Å². The second kappa shape index (κ2) is 4.05. The molecule has 5 nitrogen and oxygen atoms in total. The average molecular weight is 225 g/mol. The van der Waals surface area contributed by atoms with E-state index in [1.807, 2.05) is 6.92 Å². The predicted molar refractivity (Wildman–Crippen MR) is 59.5 cm³/mol. The van der Waals surface area contributed by atoms with Crippen molar-refractivity contribution < 1.29 is 9.59 Å².